The highest BCUT2D eigenvalue weighted by atomic mass is 32.1. The average Bonchev–Trinajstić information content (AvgIpc) is 3.16. The van der Waals surface area contributed by atoms with Crippen LogP contribution in [0.3, 0.4) is 0 Å². The summed E-state index contributed by atoms with van der Waals surface area (Å²) in [6.07, 6.45) is 2.19. The zero-order valence-corrected chi connectivity index (χ0v) is 13.1. The minimum absolute atomic E-state index is 0.213. The first kappa shape index (κ1) is 15.4. The molecule has 2 aromatic rings. The summed E-state index contributed by atoms with van der Waals surface area (Å²) in [6.45, 7) is 2.40. The average molecular weight is 322 g/mol. The van der Waals surface area contributed by atoms with E-state index in [2.05, 4.69) is 9.88 Å². The summed E-state index contributed by atoms with van der Waals surface area (Å²) in [5.41, 5.74) is 1.02. The third kappa shape index (κ3) is 3.82. The van der Waals surface area contributed by atoms with Crippen molar-refractivity contribution < 1.29 is 14.2 Å². The van der Waals surface area contributed by atoms with Gasteiger partial charge in [-0.05, 0) is 43.7 Å². The fourth-order valence-corrected chi connectivity index (χ4v) is 3.38. The number of aliphatic hydroxyl groups excluding tert-OH is 1. The molecular formula is C16H19FN2O2S. The molecule has 1 atom stereocenters. The molecule has 22 heavy (non-hydrogen) atoms. The summed E-state index contributed by atoms with van der Waals surface area (Å²) in [6, 6.07) is 6.25. The first-order valence-electron chi connectivity index (χ1n) is 7.41. The number of aliphatic hydroxyl groups is 1. The Hall–Kier alpha value is -1.50. The van der Waals surface area contributed by atoms with Gasteiger partial charge in [0.15, 0.2) is 0 Å². The molecule has 3 rings (SSSR count). The molecule has 0 bridgehead atoms. The number of ether oxygens (including phenoxy) is 1. The Balaban J connectivity index is 1.53. The second-order valence-corrected chi connectivity index (χ2v) is 6.37. The minimum atomic E-state index is -0.270. The van der Waals surface area contributed by atoms with Crippen LogP contribution in [0.25, 0.3) is 0 Å². The summed E-state index contributed by atoms with van der Waals surface area (Å²) in [5, 5.41) is 12.3. The quantitative estimate of drug-likeness (QED) is 0.888. The number of likely N-dealkylation sites (tertiary alicyclic amines) is 1. The molecule has 0 spiro atoms. The number of nitrogens with zero attached hydrogens (tertiary/aromatic N) is 2. The van der Waals surface area contributed by atoms with Crippen LogP contribution in [0.4, 0.5) is 4.39 Å². The van der Waals surface area contributed by atoms with Gasteiger partial charge in [-0.3, -0.25) is 4.90 Å². The van der Waals surface area contributed by atoms with Crippen molar-refractivity contribution in [3.05, 3.63) is 46.2 Å². The Morgan fingerprint density at radius 1 is 1.36 bits per heavy atom. The van der Waals surface area contributed by atoms with Crippen LogP contribution < -0.4 is 4.74 Å². The topological polar surface area (TPSA) is 45.6 Å². The van der Waals surface area contributed by atoms with Gasteiger partial charge in [0, 0.05) is 18.0 Å². The molecule has 1 N–H and O–H groups in total. The van der Waals surface area contributed by atoms with Crippen LogP contribution in [0.15, 0.2) is 29.6 Å². The van der Waals surface area contributed by atoms with Crippen LogP contribution >= 0.6 is 11.3 Å². The minimum Gasteiger partial charge on any atom is -0.486 e. The van der Waals surface area contributed by atoms with Gasteiger partial charge in [-0.25, -0.2) is 9.37 Å². The van der Waals surface area contributed by atoms with E-state index in [4.69, 9.17) is 4.74 Å². The Morgan fingerprint density at radius 2 is 2.18 bits per heavy atom. The standard InChI is InChI=1S/C16H19FN2O2S/c17-12-3-5-15(6-4-12)21-10-16-18-13(11-22-16)8-19-7-1-2-14(19)9-20/h3-6,11,14,20H,1-2,7-10H2/t14-/m0/s1. The van der Waals surface area contributed by atoms with Crippen molar-refractivity contribution in [1.29, 1.82) is 0 Å². The van der Waals surface area contributed by atoms with Crippen LogP contribution in [-0.4, -0.2) is 34.2 Å². The molecule has 0 aliphatic carbocycles. The smallest absolute Gasteiger partial charge is 0.140 e. The third-order valence-corrected chi connectivity index (χ3v) is 4.72. The first-order chi connectivity index (χ1) is 10.7. The highest BCUT2D eigenvalue weighted by Gasteiger charge is 2.24. The molecule has 118 valence electrons. The SMILES string of the molecule is OC[C@@H]1CCCN1Cc1csc(COc2ccc(F)cc2)n1. The van der Waals surface area contributed by atoms with E-state index in [9.17, 15) is 9.50 Å². The summed E-state index contributed by atoms with van der Waals surface area (Å²) in [7, 11) is 0. The molecule has 2 heterocycles. The lowest BCUT2D eigenvalue weighted by Crippen LogP contribution is -2.31. The second kappa shape index (κ2) is 7.17. The van der Waals surface area contributed by atoms with Gasteiger partial charge in [0.05, 0.1) is 12.3 Å². The van der Waals surface area contributed by atoms with Gasteiger partial charge in [-0.15, -0.1) is 11.3 Å². The Labute approximate surface area is 133 Å². The predicted octanol–water partition coefficient (Wildman–Crippen LogP) is 2.82. The van der Waals surface area contributed by atoms with Crippen LogP contribution in [0, 0.1) is 5.82 Å². The summed E-state index contributed by atoms with van der Waals surface area (Å²) in [4.78, 5) is 6.85. The van der Waals surface area contributed by atoms with Crippen molar-refractivity contribution in [1.82, 2.24) is 9.88 Å². The van der Waals surface area contributed by atoms with Gasteiger partial charge < -0.3 is 9.84 Å². The van der Waals surface area contributed by atoms with Crippen molar-refractivity contribution >= 4 is 11.3 Å². The van der Waals surface area contributed by atoms with Gasteiger partial charge in [-0.1, -0.05) is 0 Å². The maximum absolute atomic E-state index is 12.8. The fraction of sp³-hybridized carbons (Fsp3) is 0.438. The van der Waals surface area contributed by atoms with Crippen molar-refractivity contribution in [2.45, 2.75) is 32.0 Å². The molecule has 1 aromatic heterocycles. The molecule has 1 aliphatic rings. The summed E-state index contributed by atoms with van der Waals surface area (Å²) < 4.78 is 18.4. The van der Waals surface area contributed by atoms with Crippen LogP contribution in [-0.2, 0) is 13.2 Å². The van der Waals surface area contributed by atoms with Crippen LogP contribution in [0.1, 0.15) is 23.5 Å². The fourth-order valence-electron chi connectivity index (χ4n) is 2.68. The van der Waals surface area contributed by atoms with E-state index >= 15 is 0 Å². The van der Waals surface area contributed by atoms with E-state index in [1.807, 2.05) is 5.38 Å². The van der Waals surface area contributed by atoms with Gasteiger partial charge in [0.2, 0.25) is 0 Å². The zero-order valence-electron chi connectivity index (χ0n) is 12.2. The number of thiazole rings is 1. The monoisotopic (exact) mass is 322 g/mol. The van der Waals surface area contributed by atoms with Crippen molar-refractivity contribution in [2.75, 3.05) is 13.2 Å². The predicted molar refractivity (Wildman–Crippen MR) is 83.4 cm³/mol. The summed E-state index contributed by atoms with van der Waals surface area (Å²) in [5.74, 6) is 0.367. The van der Waals surface area contributed by atoms with Crippen molar-refractivity contribution in [3.8, 4) is 5.75 Å². The number of hydrogen-bond donors (Lipinski definition) is 1. The normalized spacial score (nSPS) is 18.7. The molecule has 4 nitrogen and oxygen atoms in total. The number of hydrogen-bond acceptors (Lipinski definition) is 5. The molecule has 1 aromatic carbocycles. The number of aromatic nitrogens is 1. The Kier molecular flexibility index (Phi) is 5.02. The molecule has 1 saturated heterocycles. The Bertz CT molecular complexity index is 602. The van der Waals surface area contributed by atoms with E-state index in [0.29, 0.717) is 12.4 Å². The molecule has 0 saturated carbocycles. The van der Waals surface area contributed by atoms with Gasteiger partial charge in [-0.2, -0.15) is 0 Å². The van der Waals surface area contributed by atoms with Crippen molar-refractivity contribution in [3.63, 3.8) is 0 Å². The maximum Gasteiger partial charge on any atom is 0.140 e. The molecule has 0 amide bonds. The third-order valence-electron chi connectivity index (χ3n) is 3.85. The summed E-state index contributed by atoms with van der Waals surface area (Å²) >= 11 is 1.56. The van der Waals surface area contributed by atoms with Crippen molar-refractivity contribution in [2.24, 2.45) is 0 Å². The van der Waals surface area contributed by atoms with Gasteiger partial charge in [0.1, 0.15) is 23.2 Å². The van der Waals surface area contributed by atoms with Crippen LogP contribution in [0.2, 0.25) is 0 Å². The number of halogens is 1. The van der Waals surface area contributed by atoms with Gasteiger partial charge in [0.25, 0.3) is 0 Å². The maximum atomic E-state index is 12.8. The molecule has 6 heteroatoms. The highest BCUT2D eigenvalue weighted by Crippen LogP contribution is 2.21. The molecule has 1 fully saturated rings. The number of rotatable bonds is 6. The first-order valence-corrected chi connectivity index (χ1v) is 8.29. The van der Waals surface area contributed by atoms with E-state index in [1.54, 1.807) is 23.5 Å². The highest BCUT2D eigenvalue weighted by molar-refractivity contribution is 7.09. The second-order valence-electron chi connectivity index (χ2n) is 5.42. The van der Waals surface area contributed by atoms with E-state index in [0.717, 1.165) is 36.6 Å². The van der Waals surface area contributed by atoms with Gasteiger partial charge >= 0.3 is 0 Å². The largest absolute Gasteiger partial charge is 0.486 e. The lowest BCUT2D eigenvalue weighted by atomic mass is 10.2. The lowest BCUT2D eigenvalue weighted by molar-refractivity contribution is 0.152. The molecule has 1 aliphatic heterocycles. The lowest BCUT2D eigenvalue weighted by Gasteiger charge is -2.21. The van der Waals surface area contributed by atoms with E-state index in [1.165, 1.54) is 12.1 Å². The molecule has 0 unspecified atom stereocenters. The number of benzene rings is 1. The molecular weight excluding hydrogens is 303 g/mol. The Morgan fingerprint density at radius 3 is 2.95 bits per heavy atom. The van der Waals surface area contributed by atoms with Crippen LogP contribution in [0.5, 0.6) is 5.75 Å². The van der Waals surface area contributed by atoms with E-state index < -0.39 is 0 Å². The van der Waals surface area contributed by atoms with E-state index in [-0.39, 0.29) is 18.5 Å². The molecule has 0 radical (unpaired) electrons. The zero-order chi connectivity index (χ0) is 15.4.